The number of benzene rings is 1. The number of aromatic nitrogens is 1. The number of nitrogens with two attached hydrogens (primary N) is 1. The van der Waals surface area contributed by atoms with Crippen molar-refractivity contribution in [2.45, 2.75) is 13.3 Å². The summed E-state index contributed by atoms with van der Waals surface area (Å²) in [5.41, 5.74) is 10.4. The van der Waals surface area contributed by atoms with Crippen LogP contribution in [0.5, 0.6) is 0 Å². The molecule has 5 heteroatoms. The molecule has 0 fully saturated rings. The summed E-state index contributed by atoms with van der Waals surface area (Å²) in [6, 6.07) is 15.7. The Morgan fingerprint density at radius 3 is 2.38 bits per heavy atom. The number of hydrogen-bond acceptors (Lipinski definition) is 5. The first-order chi connectivity index (χ1) is 11.7. The number of hydrogen-bond donors (Lipinski definition) is 1. The molecule has 0 saturated heterocycles. The minimum absolute atomic E-state index is 0.577. The summed E-state index contributed by atoms with van der Waals surface area (Å²) in [6.45, 7) is 1.99. The highest BCUT2D eigenvalue weighted by Crippen LogP contribution is 2.37. The number of rotatable bonds is 3. The minimum Gasteiger partial charge on any atom is -0.397 e. The van der Waals surface area contributed by atoms with Crippen LogP contribution in [0.1, 0.15) is 22.2 Å². The van der Waals surface area contributed by atoms with Gasteiger partial charge in [-0.25, -0.2) is 0 Å². The van der Waals surface area contributed by atoms with Gasteiger partial charge in [0.05, 0.1) is 16.9 Å². The Balaban J connectivity index is 2.10. The van der Waals surface area contributed by atoms with Crippen molar-refractivity contribution in [1.29, 1.82) is 10.5 Å². The monoisotopic (exact) mass is 330 g/mol. The number of nitriles is 2. The molecule has 0 atom stereocenters. The van der Waals surface area contributed by atoms with Gasteiger partial charge >= 0.3 is 0 Å². The normalized spacial score (nSPS) is 10.1. The average molecular weight is 330 g/mol. The molecular weight excluding hydrogens is 316 g/mol. The highest BCUT2D eigenvalue weighted by Gasteiger charge is 2.18. The van der Waals surface area contributed by atoms with Gasteiger partial charge in [0, 0.05) is 22.2 Å². The SMILES string of the molecule is CCc1sc(C#N)c(-c2ccc(-c3ncccc3N)cc2)c1C#N. The van der Waals surface area contributed by atoms with E-state index in [-0.39, 0.29) is 0 Å². The molecule has 0 aliphatic carbocycles. The fourth-order valence-corrected chi connectivity index (χ4v) is 3.66. The maximum Gasteiger partial charge on any atom is 0.114 e. The molecule has 3 rings (SSSR count). The topological polar surface area (TPSA) is 86.5 Å². The van der Waals surface area contributed by atoms with E-state index in [9.17, 15) is 10.5 Å². The van der Waals surface area contributed by atoms with E-state index in [1.54, 1.807) is 12.3 Å². The van der Waals surface area contributed by atoms with Crippen LogP contribution in [-0.2, 0) is 6.42 Å². The molecule has 0 saturated carbocycles. The summed E-state index contributed by atoms with van der Waals surface area (Å²) in [7, 11) is 0. The number of pyridine rings is 1. The highest BCUT2D eigenvalue weighted by atomic mass is 32.1. The fraction of sp³-hybridized carbons (Fsp3) is 0.105. The van der Waals surface area contributed by atoms with E-state index < -0.39 is 0 Å². The van der Waals surface area contributed by atoms with Crippen LogP contribution in [0.4, 0.5) is 5.69 Å². The Bertz CT molecular complexity index is 972. The zero-order valence-electron chi connectivity index (χ0n) is 13.1. The minimum atomic E-state index is 0.577. The fourth-order valence-electron chi connectivity index (χ4n) is 2.65. The molecule has 1 aromatic carbocycles. The van der Waals surface area contributed by atoms with E-state index in [1.807, 2.05) is 37.3 Å². The number of nitrogens with zero attached hydrogens (tertiary/aromatic N) is 3. The lowest BCUT2D eigenvalue weighted by atomic mass is 9.98. The third kappa shape index (κ3) is 2.62. The van der Waals surface area contributed by atoms with E-state index in [0.717, 1.165) is 33.7 Å². The molecule has 0 spiro atoms. The number of anilines is 1. The number of nitrogen functional groups attached to an aromatic ring is 1. The molecule has 116 valence electrons. The summed E-state index contributed by atoms with van der Waals surface area (Å²) in [5.74, 6) is 0. The Morgan fingerprint density at radius 2 is 1.79 bits per heavy atom. The van der Waals surface area contributed by atoms with Crippen LogP contribution in [0.2, 0.25) is 0 Å². The molecule has 0 aliphatic rings. The lowest BCUT2D eigenvalue weighted by Crippen LogP contribution is -1.92. The zero-order chi connectivity index (χ0) is 17.1. The molecule has 2 heterocycles. The molecule has 3 aromatic rings. The van der Waals surface area contributed by atoms with E-state index >= 15 is 0 Å². The largest absolute Gasteiger partial charge is 0.397 e. The molecular formula is C19H14N4S. The van der Waals surface area contributed by atoms with Crippen LogP contribution < -0.4 is 5.73 Å². The van der Waals surface area contributed by atoms with E-state index in [4.69, 9.17) is 5.73 Å². The Labute approximate surface area is 144 Å². The molecule has 0 aliphatic heterocycles. The molecule has 0 radical (unpaired) electrons. The third-order valence-corrected chi connectivity index (χ3v) is 5.04. The van der Waals surface area contributed by atoms with Crippen LogP contribution in [-0.4, -0.2) is 4.98 Å². The van der Waals surface area contributed by atoms with Gasteiger partial charge < -0.3 is 5.73 Å². The molecule has 0 unspecified atom stereocenters. The lowest BCUT2D eigenvalue weighted by Gasteiger charge is -2.06. The van der Waals surface area contributed by atoms with Crippen LogP contribution in [0.3, 0.4) is 0 Å². The first-order valence-corrected chi connectivity index (χ1v) is 8.28. The Morgan fingerprint density at radius 1 is 1.08 bits per heavy atom. The zero-order valence-corrected chi connectivity index (χ0v) is 13.9. The van der Waals surface area contributed by atoms with Gasteiger partial charge in [0.15, 0.2) is 0 Å². The quantitative estimate of drug-likeness (QED) is 0.772. The number of aryl methyl sites for hydroxylation is 1. The maximum atomic E-state index is 9.49. The van der Waals surface area contributed by atoms with Crippen molar-refractivity contribution in [3.63, 3.8) is 0 Å². The molecule has 2 N–H and O–H groups in total. The van der Waals surface area contributed by atoms with Crippen molar-refractivity contribution in [2.75, 3.05) is 5.73 Å². The third-order valence-electron chi connectivity index (χ3n) is 3.80. The molecule has 2 aromatic heterocycles. The molecule has 24 heavy (non-hydrogen) atoms. The summed E-state index contributed by atoms with van der Waals surface area (Å²) < 4.78 is 0. The predicted molar refractivity (Wildman–Crippen MR) is 96.2 cm³/mol. The van der Waals surface area contributed by atoms with Gasteiger partial charge in [0.2, 0.25) is 0 Å². The number of thiophene rings is 1. The van der Waals surface area contributed by atoms with Gasteiger partial charge in [0.25, 0.3) is 0 Å². The van der Waals surface area contributed by atoms with Crippen LogP contribution in [0.25, 0.3) is 22.4 Å². The van der Waals surface area contributed by atoms with E-state index in [1.165, 1.54) is 11.3 Å². The Hall–Kier alpha value is -3.15. The predicted octanol–water partition coefficient (Wildman–Crippen LogP) is 4.37. The van der Waals surface area contributed by atoms with Gasteiger partial charge in [0.1, 0.15) is 17.0 Å². The maximum absolute atomic E-state index is 9.49. The summed E-state index contributed by atoms with van der Waals surface area (Å²) in [5, 5.41) is 18.9. The van der Waals surface area contributed by atoms with Crippen molar-refractivity contribution in [3.8, 4) is 34.5 Å². The van der Waals surface area contributed by atoms with Crippen molar-refractivity contribution in [2.24, 2.45) is 0 Å². The van der Waals surface area contributed by atoms with E-state index in [0.29, 0.717) is 16.1 Å². The summed E-state index contributed by atoms with van der Waals surface area (Å²) >= 11 is 1.39. The van der Waals surface area contributed by atoms with Crippen LogP contribution >= 0.6 is 11.3 Å². The molecule has 0 bridgehead atoms. The van der Waals surface area contributed by atoms with Crippen LogP contribution in [0, 0.1) is 22.7 Å². The Kier molecular flexibility index (Phi) is 4.29. The van der Waals surface area contributed by atoms with Crippen molar-refractivity contribution in [1.82, 2.24) is 4.98 Å². The van der Waals surface area contributed by atoms with Crippen molar-refractivity contribution >= 4 is 17.0 Å². The highest BCUT2D eigenvalue weighted by molar-refractivity contribution is 7.13. The smallest absolute Gasteiger partial charge is 0.114 e. The first kappa shape index (κ1) is 15.7. The van der Waals surface area contributed by atoms with Crippen molar-refractivity contribution in [3.05, 3.63) is 57.9 Å². The standard InChI is InChI=1S/C19H14N4S/c1-2-16-14(10-20)18(17(11-21)24-16)12-5-7-13(8-6-12)19-15(22)4-3-9-23-19/h3-9H,2,22H2,1H3. The molecule has 4 nitrogen and oxygen atoms in total. The van der Waals surface area contributed by atoms with Gasteiger partial charge in [-0.15, -0.1) is 11.3 Å². The average Bonchev–Trinajstić information content (AvgIpc) is 3.00. The first-order valence-electron chi connectivity index (χ1n) is 7.46. The van der Waals surface area contributed by atoms with Gasteiger partial charge in [-0.3, -0.25) is 4.98 Å². The second-order valence-corrected chi connectivity index (χ2v) is 6.31. The van der Waals surface area contributed by atoms with E-state index in [2.05, 4.69) is 17.1 Å². The second kappa shape index (κ2) is 6.54. The molecule has 0 amide bonds. The summed E-state index contributed by atoms with van der Waals surface area (Å²) in [4.78, 5) is 5.83. The van der Waals surface area contributed by atoms with Gasteiger partial charge in [-0.1, -0.05) is 31.2 Å². The van der Waals surface area contributed by atoms with Gasteiger partial charge in [-0.2, -0.15) is 10.5 Å². The van der Waals surface area contributed by atoms with Gasteiger partial charge in [-0.05, 0) is 24.1 Å². The lowest BCUT2D eigenvalue weighted by molar-refractivity contribution is 1.18. The second-order valence-electron chi connectivity index (χ2n) is 5.20. The summed E-state index contributed by atoms with van der Waals surface area (Å²) in [6.07, 6.45) is 2.44. The van der Waals surface area contributed by atoms with Crippen LogP contribution in [0.15, 0.2) is 42.6 Å². The van der Waals surface area contributed by atoms with Crippen molar-refractivity contribution < 1.29 is 0 Å².